The van der Waals surface area contributed by atoms with E-state index >= 15 is 0 Å². The fraction of sp³-hybridized carbons (Fsp3) is 0.600. The van der Waals surface area contributed by atoms with Crippen LogP contribution in [0.1, 0.15) is 48.4 Å². The van der Waals surface area contributed by atoms with Crippen molar-refractivity contribution in [2.75, 3.05) is 13.2 Å². The highest BCUT2D eigenvalue weighted by molar-refractivity contribution is 7.85. The van der Waals surface area contributed by atoms with E-state index in [0.29, 0.717) is 0 Å². The van der Waals surface area contributed by atoms with Crippen molar-refractivity contribution in [3.63, 3.8) is 0 Å². The van der Waals surface area contributed by atoms with E-state index in [1.54, 1.807) is 32.4 Å². The average Bonchev–Trinajstić information content (AvgIpc) is 3.17. The maximum atomic E-state index is 12.5. The molecule has 3 saturated heterocycles. The third kappa shape index (κ3) is 4.75. The highest BCUT2D eigenvalue weighted by atomic mass is 32.2. The Labute approximate surface area is 190 Å². The first kappa shape index (κ1) is 24.0. The molecule has 0 aliphatic carbocycles. The second-order valence-corrected chi connectivity index (χ2v) is 10.1. The number of hydrogen-bond acceptors (Lipinski definition) is 10. The van der Waals surface area contributed by atoms with Crippen LogP contribution in [-0.4, -0.2) is 74.3 Å². The number of fused-ring (bicyclic) bond motifs is 3. The van der Waals surface area contributed by atoms with Gasteiger partial charge in [0, 0.05) is 0 Å². The summed E-state index contributed by atoms with van der Waals surface area (Å²) in [5.74, 6) is -6.24. The predicted octanol–water partition coefficient (Wildman–Crippen LogP) is 0.774. The second-order valence-electron chi connectivity index (χ2n) is 8.80. The molecule has 3 aliphatic heterocycles. The minimum absolute atomic E-state index is 0.0335. The molecule has 1 aromatic rings. The number of nitrogens with one attached hydrogen (secondary N) is 1. The van der Waals surface area contributed by atoms with Gasteiger partial charge < -0.3 is 28.8 Å². The van der Waals surface area contributed by atoms with Crippen molar-refractivity contribution in [1.82, 2.24) is 4.72 Å². The molecule has 4 rings (SSSR count). The van der Waals surface area contributed by atoms with Crippen molar-refractivity contribution in [1.29, 1.82) is 0 Å². The number of aromatic carboxylic acids is 1. The number of amides is 1. The van der Waals surface area contributed by atoms with Gasteiger partial charge in [-0.05, 0) is 39.8 Å². The molecule has 182 valence electrons. The van der Waals surface area contributed by atoms with Crippen LogP contribution in [-0.2, 0) is 38.2 Å². The smallest absolute Gasteiger partial charge is 0.362 e. The fourth-order valence-corrected chi connectivity index (χ4v) is 4.89. The zero-order valence-electron chi connectivity index (χ0n) is 18.4. The molecular weight excluding hydrogens is 462 g/mol. The Morgan fingerprint density at radius 2 is 1.76 bits per heavy atom. The fourth-order valence-electron chi connectivity index (χ4n) is 4.17. The van der Waals surface area contributed by atoms with Crippen LogP contribution in [0.5, 0.6) is 0 Å². The first-order valence-corrected chi connectivity index (χ1v) is 11.5. The van der Waals surface area contributed by atoms with Crippen LogP contribution < -0.4 is 4.72 Å². The van der Waals surface area contributed by atoms with Crippen LogP contribution in [0.4, 0.5) is 0 Å². The van der Waals surface area contributed by atoms with Gasteiger partial charge in [0.2, 0.25) is 5.79 Å². The van der Waals surface area contributed by atoms with E-state index in [1.165, 1.54) is 24.3 Å². The molecular formula is C20H25NO11S. The molecule has 2 N–H and O–H groups in total. The van der Waals surface area contributed by atoms with Gasteiger partial charge >= 0.3 is 16.3 Å². The number of hydrogen-bond donors (Lipinski definition) is 2. The van der Waals surface area contributed by atoms with Crippen molar-refractivity contribution in [3.05, 3.63) is 35.4 Å². The topological polar surface area (TPSA) is 156 Å². The lowest BCUT2D eigenvalue weighted by atomic mass is 9.98. The number of ether oxygens (including phenoxy) is 5. The summed E-state index contributed by atoms with van der Waals surface area (Å²) in [6.45, 7) is 6.11. The number of benzene rings is 1. The van der Waals surface area contributed by atoms with Crippen LogP contribution in [0.25, 0.3) is 0 Å². The van der Waals surface area contributed by atoms with Crippen molar-refractivity contribution < 1.29 is 51.0 Å². The average molecular weight is 487 g/mol. The van der Waals surface area contributed by atoms with E-state index in [0.717, 1.165) is 0 Å². The molecule has 0 aromatic heterocycles. The molecule has 3 aliphatic rings. The second kappa shape index (κ2) is 7.98. The zero-order valence-corrected chi connectivity index (χ0v) is 19.2. The monoisotopic (exact) mass is 487 g/mol. The molecule has 33 heavy (non-hydrogen) atoms. The van der Waals surface area contributed by atoms with Gasteiger partial charge in [0.1, 0.15) is 24.9 Å². The Hall–Kier alpha value is -2.13. The largest absolute Gasteiger partial charge is 0.478 e. The Morgan fingerprint density at radius 1 is 1.09 bits per heavy atom. The minimum atomic E-state index is -4.68. The highest BCUT2D eigenvalue weighted by Gasteiger charge is 2.65. The minimum Gasteiger partial charge on any atom is -0.478 e. The molecule has 13 heteroatoms. The lowest BCUT2D eigenvalue weighted by molar-refractivity contribution is -0.290. The van der Waals surface area contributed by atoms with Gasteiger partial charge in [0.25, 0.3) is 5.91 Å². The van der Waals surface area contributed by atoms with Crippen LogP contribution in [0, 0.1) is 0 Å². The normalized spacial score (nSPS) is 32.1. The van der Waals surface area contributed by atoms with E-state index in [1.807, 2.05) is 0 Å². The summed E-state index contributed by atoms with van der Waals surface area (Å²) in [7, 11) is -4.68. The third-order valence-corrected chi connectivity index (χ3v) is 6.17. The molecule has 1 amide bonds. The summed E-state index contributed by atoms with van der Waals surface area (Å²) in [6.07, 6.45) is -1.95. The van der Waals surface area contributed by atoms with E-state index in [2.05, 4.69) is 0 Å². The Balaban J connectivity index is 1.50. The molecule has 3 heterocycles. The lowest BCUT2D eigenvalue weighted by Gasteiger charge is -2.40. The summed E-state index contributed by atoms with van der Waals surface area (Å²) in [6, 6.07) is 5.18. The van der Waals surface area contributed by atoms with Crippen LogP contribution in [0.15, 0.2) is 24.3 Å². The number of rotatable bonds is 6. The zero-order chi connectivity index (χ0) is 24.2. The molecule has 0 saturated carbocycles. The number of carboxylic acids is 1. The van der Waals surface area contributed by atoms with Gasteiger partial charge in [-0.15, -0.1) is 0 Å². The number of carbonyl (C=O) groups is 2. The maximum absolute atomic E-state index is 12.5. The van der Waals surface area contributed by atoms with Crippen molar-refractivity contribution in [2.45, 2.75) is 63.4 Å². The van der Waals surface area contributed by atoms with Crippen molar-refractivity contribution >= 4 is 22.2 Å². The molecule has 12 nitrogen and oxygen atoms in total. The van der Waals surface area contributed by atoms with E-state index in [-0.39, 0.29) is 17.7 Å². The van der Waals surface area contributed by atoms with Gasteiger partial charge in [0.05, 0.1) is 17.7 Å². The lowest BCUT2D eigenvalue weighted by Crippen LogP contribution is -2.60. The molecule has 1 unspecified atom stereocenters. The van der Waals surface area contributed by atoms with Gasteiger partial charge in [-0.25, -0.2) is 13.7 Å². The predicted molar refractivity (Wildman–Crippen MR) is 108 cm³/mol. The van der Waals surface area contributed by atoms with E-state index in [4.69, 9.17) is 27.9 Å². The molecule has 1 aromatic carbocycles. The van der Waals surface area contributed by atoms with Crippen LogP contribution in [0.3, 0.4) is 0 Å². The Morgan fingerprint density at radius 3 is 2.42 bits per heavy atom. The molecule has 3 fully saturated rings. The first-order chi connectivity index (χ1) is 15.2. The highest BCUT2D eigenvalue weighted by Crippen LogP contribution is 2.47. The third-order valence-electron chi connectivity index (χ3n) is 5.31. The number of carboxylic acid groups (broad SMARTS) is 1. The molecule has 0 radical (unpaired) electrons. The first-order valence-electron chi connectivity index (χ1n) is 10.1. The summed E-state index contributed by atoms with van der Waals surface area (Å²) < 4.78 is 61.2. The van der Waals surface area contributed by atoms with Crippen LogP contribution in [0.2, 0.25) is 0 Å². The number of carbonyl (C=O) groups excluding carboxylic acids is 1. The van der Waals surface area contributed by atoms with Crippen LogP contribution >= 0.6 is 0 Å². The summed E-state index contributed by atoms with van der Waals surface area (Å²) in [5, 5.41) is 9.22. The van der Waals surface area contributed by atoms with Crippen molar-refractivity contribution in [3.8, 4) is 0 Å². The Bertz CT molecular complexity index is 1070. The van der Waals surface area contributed by atoms with Gasteiger partial charge in [-0.2, -0.15) is 8.42 Å². The maximum Gasteiger partial charge on any atom is 0.362 e. The molecule has 0 bridgehead atoms. The molecule has 0 spiro atoms. The SMILES string of the molecule is CC1(C)O[C@@H]2CO[C@@]3(COS(=O)(=O)NC(=O)c4ccccc4C(=O)O)OC(C)(C)OC3[C@@H]2O1. The molecule has 4 atom stereocenters. The summed E-state index contributed by atoms with van der Waals surface area (Å²) in [4.78, 5) is 23.7. The standard InChI is InChI=1S/C20H25NO11S/c1-18(2)29-13-9-27-20(15(14(13)30-18)31-19(3,4)32-20)10-28-33(25,26)21-16(22)11-7-5-6-8-12(11)17(23)24/h5-8,13-15H,9-10H2,1-4H3,(H,21,22)(H,23,24)/t13-,14-,15?,20+/m1/s1. The summed E-state index contributed by atoms with van der Waals surface area (Å²) in [5.41, 5.74) is -0.703. The van der Waals surface area contributed by atoms with E-state index < -0.39 is 64.5 Å². The van der Waals surface area contributed by atoms with E-state index in [9.17, 15) is 23.1 Å². The van der Waals surface area contributed by atoms with Gasteiger partial charge in [-0.3, -0.25) is 4.79 Å². The van der Waals surface area contributed by atoms with Gasteiger partial charge in [0.15, 0.2) is 11.6 Å². The van der Waals surface area contributed by atoms with Crippen molar-refractivity contribution in [2.24, 2.45) is 0 Å². The van der Waals surface area contributed by atoms with Gasteiger partial charge in [-0.1, -0.05) is 12.1 Å². The summed E-state index contributed by atoms with van der Waals surface area (Å²) >= 11 is 0. The Kier molecular flexibility index (Phi) is 5.80. The quantitative estimate of drug-likeness (QED) is 0.584.